The Morgan fingerprint density at radius 3 is 3.00 bits per heavy atom. The van der Waals surface area contributed by atoms with Crippen molar-refractivity contribution in [2.45, 2.75) is 25.3 Å². The molecule has 80 valence electrons. The summed E-state index contributed by atoms with van der Waals surface area (Å²) in [4.78, 5) is 11.0. The first-order chi connectivity index (χ1) is 7.03. The zero-order valence-electron chi connectivity index (χ0n) is 8.38. The van der Waals surface area contributed by atoms with Gasteiger partial charge in [-0.1, -0.05) is 12.1 Å². The highest BCUT2D eigenvalue weighted by molar-refractivity contribution is 5.83. The number of carboxylic acid groups (broad SMARTS) is 1. The number of carbonyl (C=O) groups is 1. The molecule has 0 bridgehead atoms. The Balaban J connectivity index is 2.42. The number of hydrogen-bond acceptors (Lipinski definition) is 2. The number of rotatable bonds is 1. The van der Waals surface area contributed by atoms with E-state index in [2.05, 4.69) is 5.32 Å². The molecular weight excluding hydrogens is 197 g/mol. The van der Waals surface area contributed by atoms with Gasteiger partial charge >= 0.3 is 5.97 Å². The first kappa shape index (κ1) is 9.96. The van der Waals surface area contributed by atoms with E-state index < -0.39 is 11.5 Å². The van der Waals surface area contributed by atoms with Crippen LogP contribution in [0.3, 0.4) is 0 Å². The minimum Gasteiger partial charge on any atom is -0.480 e. The third-order valence-corrected chi connectivity index (χ3v) is 2.87. The van der Waals surface area contributed by atoms with E-state index >= 15 is 0 Å². The summed E-state index contributed by atoms with van der Waals surface area (Å²) in [5.41, 5.74) is 0.109. The zero-order valence-corrected chi connectivity index (χ0v) is 8.38. The molecule has 0 saturated carbocycles. The van der Waals surface area contributed by atoms with Crippen molar-refractivity contribution < 1.29 is 14.3 Å². The first-order valence-corrected chi connectivity index (χ1v) is 4.82. The summed E-state index contributed by atoms with van der Waals surface area (Å²) in [6, 6.07) is 4.78. The lowest BCUT2D eigenvalue weighted by molar-refractivity contribution is -0.142. The van der Waals surface area contributed by atoms with E-state index in [4.69, 9.17) is 5.11 Å². The normalized spacial score (nSPS) is 24.1. The molecule has 0 radical (unpaired) electrons. The maximum atomic E-state index is 13.4. The summed E-state index contributed by atoms with van der Waals surface area (Å²) in [5.74, 6) is -1.34. The van der Waals surface area contributed by atoms with Gasteiger partial charge in [-0.25, -0.2) is 9.18 Å². The quantitative estimate of drug-likeness (QED) is 0.744. The zero-order chi connectivity index (χ0) is 11.1. The van der Waals surface area contributed by atoms with E-state index in [1.54, 1.807) is 13.0 Å². The fourth-order valence-corrected chi connectivity index (χ4v) is 1.80. The molecule has 1 aromatic carbocycles. The number of hydrogen-bond donors (Lipinski definition) is 2. The smallest absolute Gasteiger partial charge is 0.329 e. The van der Waals surface area contributed by atoms with E-state index in [1.807, 2.05) is 6.07 Å². The van der Waals surface area contributed by atoms with Gasteiger partial charge in [-0.05, 0) is 31.4 Å². The fraction of sp³-hybridized carbons (Fsp3) is 0.364. The number of anilines is 1. The Kier molecular flexibility index (Phi) is 2.14. The average Bonchev–Trinajstić information content (AvgIpc) is 2.19. The number of halogens is 1. The van der Waals surface area contributed by atoms with Gasteiger partial charge in [-0.2, -0.15) is 0 Å². The SMILES string of the molecule is CC1(C(=O)O)CCc2cccc(F)c2N1. The van der Waals surface area contributed by atoms with Crippen molar-refractivity contribution in [2.24, 2.45) is 0 Å². The maximum absolute atomic E-state index is 13.4. The van der Waals surface area contributed by atoms with Crippen molar-refractivity contribution in [3.63, 3.8) is 0 Å². The van der Waals surface area contributed by atoms with Crippen LogP contribution in [0.15, 0.2) is 18.2 Å². The molecule has 1 unspecified atom stereocenters. The molecule has 1 aliphatic rings. The molecule has 1 atom stereocenters. The number of nitrogens with one attached hydrogen (secondary N) is 1. The highest BCUT2D eigenvalue weighted by Crippen LogP contribution is 2.32. The third kappa shape index (κ3) is 1.56. The highest BCUT2D eigenvalue weighted by Gasteiger charge is 2.37. The molecule has 1 heterocycles. The molecule has 15 heavy (non-hydrogen) atoms. The molecule has 1 aliphatic heterocycles. The summed E-state index contributed by atoms with van der Waals surface area (Å²) in [7, 11) is 0. The molecule has 2 N–H and O–H groups in total. The minimum atomic E-state index is -1.06. The molecule has 1 aromatic rings. The number of benzene rings is 1. The maximum Gasteiger partial charge on any atom is 0.329 e. The Hall–Kier alpha value is -1.58. The highest BCUT2D eigenvalue weighted by atomic mass is 19.1. The van der Waals surface area contributed by atoms with Crippen molar-refractivity contribution >= 4 is 11.7 Å². The van der Waals surface area contributed by atoms with Crippen LogP contribution in [0.5, 0.6) is 0 Å². The van der Waals surface area contributed by atoms with Crippen LogP contribution in [0.25, 0.3) is 0 Å². The van der Waals surface area contributed by atoms with Crippen LogP contribution in [0.2, 0.25) is 0 Å². The van der Waals surface area contributed by atoms with E-state index in [0.29, 0.717) is 18.5 Å². The average molecular weight is 209 g/mol. The predicted molar refractivity (Wildman–Crippen MR) is 54.4 cm³/mol. The summed E-state index contributed by atoms with van der Waals surface area (Å²) >= 11 is 0. The molecule has 0 fully saturated rings. The molecule has 4 heteroatoms. The second kappa shape index (κ2) is 3.22. The second-order valence-electron chi connectivity index (χ2n) is 4.04. The topological polar surface area (TPSA) is 49.3 Å². The predicted octanol–water partition coefficient (Wildman–Crippen LogP) is 2.03. The van der Waals surface area contributed by atoms with Crippen molar-refractivity contribution in [3.8, 4) is 0 Å². The number of fused-ring (bicyclic) bond motifs is 1. The van der Waals surface area contributed by atoms with Crippen LogP contribution >= 0.6 is 0 Å². The molecule has 0 saturated heterocycles. The van der Waals surface area contributed by atoms with Gasteiger partial charge in [0.05, 0.1) is 5.69 Å². The van der Waals surface area contributed by atoms with Gasteiger partial charge < -0.3 is 10.4 Å². The van der Waals surface area contributed by atoms with Gasteiger partial charge in [0, 0.05) is 0 Å². The monoisotopic (exact) mass is 209 g/mol. The molecule has 0 amide bonds. The largest absolute Gasteiger partial charge is 0.480 e. The lowest BCUT2D eigenvalue weighted by atomic mass is 9.88. The number of aliphatic carboxylic acids is 1. The minimum absolute atomic E-state index is 0.327. The molecule has 3 nitrogen and oxygen atoms in total. The lowest BCUT2D eigenvalue weighted by Gasteiger charge is -2.33. The van der Waals surface area contributed by atoms with Crippen molar-refractivity contribution in [2.75, 3.05) is 5.32 Å². The molecule has 0 aromatic heterocycles. The van der Waals surface area contributed by atoms with Crippen LogP contribution in [-0.4, -0.2) is 16.6 Å². The van der Waals surface area contributed by atoms with Gasteiger partial charge in [0.1, 0.15) is 11.4 Å². The van der Waals surface area contributed by atoms with Crippen LogP contribution < -0.4 is 5.32 Å². The van der Waals surface area contributed by atoms with Crippen LogP contribution in [0.1, 0.15) is 18.9 Å². The summed E-state index contributed by atoms with van der Waals surface area (Å²) in [6.45, 7) is 1.57. The number of aryl methyl sites for hydroxylation is 1. The van der Waals surface area contributed by atoms with Crippen LogP contribution in [0, 0.1) is 5.82 Å². The van der Waals surface area contributed by atoms with Crippen molar-refractivity contribution in [1.82, 2.24) is 0 Å². The van der Waals surface area contributed by atoms with Crippen LogP contribution in [0.4, 0.5) is 10.1 Å². The van der Waals surface area contributed by atoms with Gasteiger partial charge in [0.2, 0.25) is 0 Å². The Labute approximate surface area is 86.9 Å². The summed E-state index contributed by atoms with van der Waals surface area (Å²) < 4.78 is 13.4. The van der Waals surface area contributed by atoms with Crippen molar-refractivity contribution in [3.05, 3.63) is 29.6 Å². The van der Waals surface area contributed by atoms with E-state index in [9.17, 15) is 9.18 Å². The summed E-state index contributed by atoms with van der Waals surface area (Å²) in [6.07, 6.45) is 1.06. The standard InChI is InChI=1S/C11H12FNO2/c1-11(10(14)15)6-5-7-3-2-4-8(12)9(7)13-11/h2-4,13H,5-6H2,1H3,(H,14,15). The number of para-hydroxylation sites is 1. The third-order valence-electron chi connectivity index (χ3n) is 2.87. The molecule has 2 rings (SSSR count). The lowest BCUT2D eigenvalue weighted by Crippen LogP contribution is -2.46. The Bertz CT molecular complexity index is 419. The van der Waals surface area contributed by atoms with E-state index in [-0.39, 0.29) is 5.82 Å². The Morgan fingerprint density at radius 1 is 1.60 bits per heavy atom. The van der Waals surface area contributed by atoms with Gasteiger partial charge in [0.25, 0.3) is 0 Å². The molecule has 0 spiro atoms. The van der Waals surface area contributed by atoms with Gasteiger partial charge in [0.15, 0.2) is 0 Å². The van der Waals surface area contributed by atoms with Crippen LogP contribution in [-0.2, 0) is 11.2 Å². The second-order valence-corrected chi connectivity index (χ2v) is 4.04. The Morgan fingerprint density at radius 2 is 2.33 bits per heavy atom. The van der Waals surface area contributed by atoms with E-state index in [0.717, 1.165) is 5.56 Å². The van der Waals surface area contributed by atoms with E-state index in [1.165, 1.54) is 6.07 Å². The van der Waals surface area contributed by atoms with Crippen molar-refractivity contribution in [1.29, 1.82) is 0 Å². The molecule has 0 aliphatic carbocycles. The summed E-state index contributed by atoms with van der Waals surface area (Å²) in [5, 5.41) is 11.8. The number of carboxylic acids is 1. The van der Waals surface area contributed by atoms with Gasteiger partial charge in [-0.15, -0.1) is 0 Å². The van der Waals surface area contributed by atoms with Gasteiger partial charge in [-0.3, -0.25) is 0 Å². The fourth-order valence-electron chi connectivity index (χ4n) is 1.80. The molecular formula is C11H12FNO2. The first-order valence-electron chi connectivity index (χ1n) is 4.82.